The highest BCUT2D eigenvalue weighted by Gasteiger charge is 2.30. The second-order valence-corrected chi connectivity index (χ2v) is 6.09. The first-order chi connectivity index (χ1) is 11.9. The van der Waals surface area contributed by atoms with Crippen LogP contribution in [0.2, 0.25) is 0 Å². The first-order valence-electron chi connectivity index (χ1n) is 8.21. The summed E-state index contributed by atoms with van der Waals surface area (Å²) in [5.41, 5.74) is 2.83. The topological polar surface area (TPSA) is 32.9 Å². The molecule has 0 unspecified atom stereocenters. The molecule has 0 aliphatic carbocycles. The van der Waals surface area contributed by atoms with Gasteiger partial charge in [-0.05, 0) is 48.2 Å². The van der Waals surface area contributed by atoms with E-state index in [0.717, 1.165) is 54.1 Å². The predicted octanol–water partition coefficient (Wildman–Crippen LogP) is 6.01. The first kappa shape index (κ1) is 17.3. The van der Waals surface area contributed by atoms with Crippen molar-refractivity contribution in [1.82, 2.24) is 4.98 Å². The molecule has 0 atom stereocenters. The molecule has 0 amide bonds. The Morgan fingerprint density at radius 3 is 2.40 bits per heavy atom. The molecule has 130 valence electrons. The van der Waals surface area contributed by atoms with Crippen molar-refractivity contribution in [1.29, 1.82) is 0 Å². The van der Waals surface area contributed by atoms with Crippen molar-refractivity contribution in [2.75, 3.05) is 0 Å². The Hall–Kier alpha value is -2.56. The number of unbranched alkanes of at least 4 members (excludes halogenated alkanes) is 1. The molecule has 3 rings (SSSR count). The highest BCUT2D eigenvalue weighted by Crippen LogP contribution is 2.33. The fourth-order valence-electron chi connectivity index (χ4n) is 2.97. The fourth-order valence-corrected chi connectivity index (χ4v) is 2.97. The number of alkyl halides is 3. The minimum absolute atomic E-state index is 0.480. The molecule has 3 aromatic rings. The third-order valence-electron chi connectivity index (χ3n) is 4.34. The minimum Gasteiger partial charge on any atom is -0.354 e. The summed E-state index contributed by atoms with van der Waals surface area (Å²) in [6.07, 6.45) is -0.526. The predicted molar refractivity (Wildman–Crippen MR) is 92.7 cm³/mol. The Morgan fingerprint density at radius 2 is 1.80 bits per heavy atom. The molecule has 0 spiro atoms. The number of H-pyrrole nitrogens is 1. The number of carbonyl (C=O) groups excluding carboxylic acids is 1. The van der Waals surface area contributed by atoms with Crippen LogP contribution in [0.25, 0.3) is 22.2 Å². The van der Waals surface area contributed by atoms with E-state index in [1.54, 1.807) is 0 Å². The summed E-state index contributed by atoms with van der Waals surface area (Å²) in [7, 11) is 0. The van der Waals surface area contributed by atoms with Gasteiger partial charge in [0, 0.05) is 16.5 Å². The van der Waals surface area contributed by atoms with Crippen LogP contribution in [-0.4, -0.2) is 11.3 Å². The van der Waals surface area contributed by atoms with Crippen LogP contribution in [0.4, 0.5) is 13.2 Å². The molecule has 2 nitrogen and oxygen atoms in total. The summed E-state index contributed by atoms with van der Waals surface area (Å²) in [4.78, 5) is 14.8. The zero-order valence-corrected chi connectivity index (χ0v) is 13.8. The normalized spacial score (nSPS) is 11.8. The molecule has 0 aliphatic rings. The van der Waals surface area contributed by atoms with E-state index in [4.69, 9.17) is 0 Å². The van der Waals surface area contributed by atoms with E-state index < -0.39 is 11.7 Å². The Balaban J connectivity index is 2.05. The number of aromatic nitrogens is 1. The van der Waals surface area contributed by atoms with Gasteiger partial charge in [0.2, 0.25) is 0 Å². The lowest BCUT2D eigenvalue weighted by molar-refractivity contribution is -0.137. The number of rotatable bonds is 5. The van der Waals surface area contributed by atoms with E-state index in [1.807, 2.05) is 18.2 Å². The average Bonchev–Trinajstić information content (AvgIpc) is 2.97. The maximum absolute atomic E-state index is 12.7. The molecule has 0 saturated carbocycles. The maximum Gasteiger partial charge on any atom is 0.416 e. The number of halogens is 3. The van der Waals surface area contributed by atoms with Crippen molar-refractivity contribution in [2.24, 2.45) is 0 Å². The number of carbonyl (C=O) groups is 1. The second-order valence-electron chi connectivity index (χ2n) is 6.09. The molecule has 1 aromatic heterocycles. The van der Waals surface area contributed by atoms with Crippen LogP contribution in [0.5, 0.6) is 0 Å². The monoisotopic (exact) mass is 345 g/mol. The largest absolute Gasteiger partial charge is 0.416 e. The summed E-state index contributed by atoms with van der Waals surface area (Å²) in [6.45, 7) is 2.12. The summed E-state index contributed by atoms with van der Waals surface area (Å²) in [5.74, 6) is 0. The van der Waals surface area contributed by atoms with Crippen LogP contribution in [-0.2, 0) is 12.6 Å². The number of hydrogen-bond donors (Lipinski definition) is 1. The number of benzene rings is 2. The van der Waals surface area contributed by atoms with Crippen molar-refractivity contribution in [2.45, 2.75) is 32.4 Å². The van der Waals surface area contributed by atoms with Gasteiger partial charge in [0.25, 0.3) is 0 Å². The first-order valence-corrected chi connectivity index (χ1v) is 8.21. The molecule has 0 saturated heterocycles. The van der Waals surface area contributed by atoms with Gasteiger partial charge in [-0.1, -0.05) is 31.5 Å². The van der Waals surface area contributed by atoms with Crippen LogP contribution in [0, 0.1) is 0 Å². The van der Waals surface area contributed by atoms with E-state index in [9.17, 15) is 18.0 Å². The van der Waals surface area contributed by atoms with Gasteiger partial charge in [-0.3, -0.25) is 4.79 Å². The average molecular weight is 345 g/mol. The molecule has 0 bridgehead atoms. The Bertz CT molecular complexity index is 892. The molecule has 0 radical (unpaired) electrons. The second kappa shape index (κ2) is 6.75. The smallest absolute Gasteiger partial charge is 0.354 e. The lowest BCUT2D eigenvalue weighted by Gasteiger charge is -2.07. The van der Waals surface area contributed by atoms with E-state index in [-0.39, 0.29) is 0 Å². The summed E-state index contributed by atoms with van der Waals surface area (Å²) >= 11 is 0. The number of nitrogens with one attached hydrogen (secondary N) is 1. The van der Waals surface area contributed by atoms with Gasteiger partial charge in [0.05, 0.1) is 11.3 Å². The van der Waals surface area contributed by atoms with Gasteiger partial charge in [-0.2, -0.15) is 13.2 Å². The van der Waals surface area contributed by atoms with Crippen LogP contribution in [0.1, 0.15) is 41.3 Å². The number of aromatic amines is 1. The Morgan fingerprint density at radius 1 is 1.08 bits per heavy atom. The number of aryl methyl sites for hydroxylation is 1. The highest BCUT2D eigenvalue weighted by molar-refractivity contribution is 6.04. The fraction of sp³-hybridized carbons (Fsp3) is 0.250. The molecule has 25 heavy (non-hydrogen) atoms. The molecule has 1 N–H and O–H groups in total. The molecular weight excluding hydrogens is 327 g/mol. The summed E-state index contributed by atoms with van der Waals surface area (Å²) < 4.78 is 38.2. The zero-order chi connectivity index (χ0) is 18.0. The van der Waals surface area contributed by atoms with Gasteiger partial charge in [-0.15, -0.1) is 0 Å². The van der Waals surface area contributed by atoms with Gasteiger partial charge in [0.15, 0.2) is 6.29 Å². The number of aldehydes is 1. The van der Waals surface area contributed by atoms with E-state index in [0.29, 0.717) is 16.8 Å². The van der Waals surface area contributed by atoms with Gasteiger partial charge < -0.3 is 4.98 Å². The van der Waals surface area contributed by atoms with E-state index >= 15 is 0 Å². The molecular formula is C20H18F3NO. The summed E-state index contributed by atoms with van der Waals surface area (Å²) in [6, 6.07) is 10.8. The zero-order valence-electron chi connectivity index (χ0n) is 13.8. The van der Waals surface area contributed by atoms with Gasteiger partial charge in [0.1, 0.15) is 0 Å². The standard InChI is InChI=1S/C20H18F3NO/c1-2-3-4-13-5-10-18-16(11-13)17(12-25)19(24-18)14-6-8-15(9-7-14)20(21,22)23/h5-12,24H,2-4H2,1H3. The molecule has 1 heterocycles. The van der Waals surface area contributed by atoms with E-state index in [2.05, 4.69) is 11.9 Å². The van der Waals surface area contributed by atoms with Gasteiger partial charge in [-0.25, -0.2) is 0 Å². The summed E-state index contributed by atoms with van der Waals surface area (Å²) in [5, 5.41) is 0.804. The van der Waals surface area contributed by atoms with Crippen molar-refractivity contribution in [3.63, 3.8) is 0 Å². The SMILES string of the molecule is CCCCc1ccc2[nH]c(-c3ccc(C(F)(F)F)cc3)c(C=O)c2c1. The maximum atomic E-state index is 12.7. The van der Waals surface area contributed by atoms with Crippen molar-refractivity contribution in [3.8, 4) is 11.3 Å². The quantitative estimate of drug-likeness (QED) is 0.564. The van der Waals surface area contributed by atoms with Crippen molar-refractivity contribution < 1.29 is 18.0 Å². The molecule has 2 aromatic carbocycles. The van der Waals surface area contributed by atoms with Crippen LogP contribution in [0.3, 0.4) is 0 Å². The minimum atomic E-state index is -4.37. The van der Waals surface area contributed by atoms with Crippen molar-refractivity contribution in [3.05, 3.63) is 59.2 Å². The number of fused-ring (bicyclic) bond motifs is 1. The Labute approximate surface area is 143 Å². The molecule has 0 fully saturated rings. The van der Waals surface area contributed by atoms with Gasteiger partial charge >= 0.3 is 6.18 Å². The molecule has 5 heteroatoms. The van der Waals surface area contributed by atoms with Crippen LogP contribution < -0.4 is 0 Å². The number of hydrogen-bond acceptors (Lipinski definition) is 1. The van der Waals surface area contributed by atoms with E-state index in [1.165, 1.54) is 12.1 Å². The van der Waals surface area contributed by atoms with Crippen LogP contribution >= 0.6 is 0 Å². The third-order valence-corrected chi connectivity index (χ3v) is 4.34. The molecule has 0 aliphatic heterocycles. The lowest BCUT2D eigenvalue weighted by atomic mass is 10.0. The third kappa shape index (κ3) is 3.45. The highest BCUT2D eigenvalue weighted by atomic mass is 19.4. The van der Waals surface area contributed by atoms with Crippen LogP contribution in [0.15, 0.2) is 42.5 Å². The van der Waals surface area contributed by atoms with Crippen molar-refractivity contribution >= 4 is 17.2 Å². The Kier molecular flexibility index (Phi) is 4.66. The lowest BCUT2D eigenvalue weighted by Crippen LogP contribution is -2.04.